The summed E-state index contributed by atoms with van der Waals surface area (Å²) in [4.78, 5) is 20.5. The Morgan fingerprint density at radius 3 is 3.00 bits per heavy atom. The van der Waals surface area contributed by atoms with E-state index in [4.69, 9.17) is 0 Å². The zero-order chi connectivity index (χ0) is 8.27. The number of nitroso groups, excluding NO2 is 1. The van der Waals surface area contributed by atoms with Gasteiger partial charge in [0.2, 0.25) is 0 Å². The molecule has 0 saturated carbocycles. The number of carbonyl (C=O) groups excluding carboxylic acids is 1. The molecule has 0 aliphatic carbocycles. The highest BCUT2D eigenvalue weighted by Crippen LogP contribution is 2.05. The van der Waals surface area contributed by atoms with Crippen molar-refractivity contribution in [2.24, 2.45) is 5.18 Å². The number of carbonyl (C=O) groups is 1. The number of nitrogens with zero attached hydrogens (tertiary/aromatic N) is 1. The summed E-state index contributed by atoms with van der Waals surface area (Å²) in [5.41, 5.74) is 0.353. The lowest BCUT2D eigenvalue weighted by Crippen LogP contribution is -2.22. The van der Waals surface area contributed by atoms with Gasteiger partial charge in [-0.1, -0.05) is 0 Å². The zero-order valence-corrected chi connectivity index (χ0v) is 6.07. The Balaban J connectivity index is 2.79. The SMILES string of the molecule is CC1C=C(C(=O)N=O)C=CN1. The van der Waals surface area contributed by atoms with Crippen LogP contribution in [-0.4, -0.2) is 11.9 Å². The average molecular weight is 152 g/mol. The van der Waals surface area contributed by atoms with Crippen molar-refractivity contribution < 1.29 is 4.79 Å². The number of hydrogen-bond acceptors (Lipinski definition) is 3. The molecule has 58 valence electrons. The van der Waals surface area contributed by atoms with Crippen LogP contribution >= 0.6 is 0 Å². The standard InChI is InChI=1S/C7H8N2O2/c1-5-4-6(2-3-8-5)7(10)9-11/h2-5,8H,1H3. The van der Waals surface area contributed by atoms with E-state index in [-0.39, 0.29) is 6.04 Å². The molecule has 4 nitrogen and oxygen atoms in total. The first-order valence-electron chi connectivity index (χ1n) is 3.26. The maximum Gasteiger partial charge on any atom is 0.316 e. The fourth-order valence-electron chi connectivity index (χ4n) is 0.858. The lowest BCUT2D eigenvalue weighted by atomic mass is 10.1. The molecule has 1 N–H and O–H groups in total. The first kappa shape index (κ1) is 7.65. The van der Waals surface area contributed by atoms with E-state index in [1.807, 2.05) is 6.92 Å². The molecule has 0 bridgehead atoms. The Hall–Kier alpha value is -1.45. The minimum Gasteiger partial charge on any atom is -0.385 e. The predicted molar refractivity (Wildman–Crippen MR) is 40.6 cm³/mol. The summed E-state index contributed by atoms with van der Waals surface area (Å²) in [6.07, 6.45) is 4.82. The lowest BCUT2D eigenvalue weighted by Gasteiger charge is -2.11. The zero-order valence-electron chi connectivity index (χ0n) is 6.07. The third kappa shape index (κ3) is 1.73. The summed E-state index contributed by atoms with van der Waals surface area (Å²) in [6.45, 7) is 1.88. The van der Waals surface area contributed by atoms with Gasteiger partial charge in [0.1, 0.15) is 0 Å². The summed E-state index contributed by atoms with van der Waals surface area (Å²) < 4.78 is 0. The van der Waals surface area contributed by atoms with E-state index in [1.165, 1.54) is 6.08 Å². The molecule has 0 aromatic heterocycles. The van der Waals surface area contributed by atoms with Crippen LogP contribution in [0.2, 0.25) is 0 Å². The Morgan fingerprint density at radius 2 is 2.45 bits per heavy atom. The Labute approximate surface area is 63.9 Å². The number of dihydropyridines is 1. The topological polar surface area (TPSA) is 58.5 Å². The molecule has 1 aliphatic rings. The molecule has 1 heterocycles. The van der Waals surface area contributed by atoms with E-state index in [1.54, 1.807) is 12.3 Å². The van der Waals surface area contributed by atoms with Crippen LogP contribution in [-0.2, 0) is 4.79 Å². The number of hydrogen-bond donors (Lipinski definition) is 1. The molecule has 0 fully saturated rings. The van der Waals surface area contributed by atoms with Crippen molar-refractivity contribution in [2.45, 2.75) is 13.0 Å². The fraction of sp³-hybridized carbons (Fsp3) is 0.286. The van der Waals surface area contributed by atoms with Crippen molar-refractivity contribution in [3.8, 4) is 0 Å². The minimum absolute atomic E-state index is 0.0840. The molecule has 0 radical (unpaired) electrons. The molecule has 11 heavy (non-hydrogen) atoms. The molecule has 1 amide bonds. The van der Waals surface area contributed by atoms with Gasteiger partial charge in [-0.05, 0) is 25.3 Å². The van der Waals surface area contributed by atoms with Crippen LogP contribution in [0.15, 0.2) is 29.1 Å². The summed E-state index contributed by atoms with van der Waals surface area (Å²) in [5.74, 6) is -0.713. The van der Waals surface area contributed by atoms with Crippen LogP contribution in [0.4, 0.5) is 0 Å². The van der Waals surface area contributed by atoms with Crippen molar-refractivity contribution in [2.75, 3.05) is 0 Å². The van der Waals surface area contributed by atoms with Crippen molar-refractivity contribution in [1.29, 1.82) is 0 Å². The highest BCUT2D eigenvalue weighted by molar-refractivity contribution is 5.96. The Kier molecular flexibility index (Phi) is 2.15. The monoisotopic (exact) mass is 152 g/mol. The van der Waals surface area contributed by atoms with Gasteiger partial charge in [0.25, 0.3) is 0 Å². The third-order valence-corrected chi connectivity index (χ3v) is 1.38. The first-order chi connectivity index (χ1) is 5.24. The molecule has 1 aliphatic heterocycles. The number of amides is 1. The van der Waals surface area contributed by atoms with Crippen molar-refractivity contribution in [3.05, 3.63) is 28.8 Å². The molecule has 4 heteroatoms. The Morgan fingerprint density at radius 1 is 1.73 bits per heavy atom. The van der Waals surface area contributed by atoms with Gasteiger partial charge in [-0.15, -0.1) is 4.91 Å². The maximum absolute atomic E-state index is 10.7. The van der Waals surface area contributed by atoms with Gasteiger partial charge >= 0.3 is 5.91 Å². The van der Waals surface area contributed by atoms with Gasteiger partial charge in [-0.3, -0.25) is 4.79 Å². The van der Waals surface area contributed by atoms with E-state index in [0.29, 0.717) is 5.57 Å². The molecule has 1 atom stereocenters. The summed E-state index contributed by atoms with van der Waals surface area (Å²) >= 11 is 0. The van der Waals surface area contributed by atoms with Crippen molar-refractivity contribution >= 4 is 5.91 Å². The largest absolute Gasteiger partial charge is 0.385 e. The molecular weight excluding hydrogens is 144 g/mol. The molecule has 1 unspecified atom stereocenters. The predicted octanol–water partition coefficient (Wildman–Crippen LogP) is 0.711. The second-order valence-corrected chi connectivity index (χ2v) is 2.31. The van der Waals surface area contributed by atoms with Crippen molar-refractivity contribution in [3.63, 3.8) is 0 Å². The normalized spacial score (nSPS) is 21.9. The molecule has 0 aromatic carbocycles. The van der Waals surface area contributed by atoms with Crippen molar-refractivity contribution in [1.82, 2.24) is 5.32 Å². The van der Waals surface area contributed by atoms with Gasteiger partial charge in [-0.25, -0.2) is 0 Å². The lowest BCUT2D eigenvalue weighted by molar-refractivity contribution is -0.114. The molecule has 0 saturated heterocycles. The highest BCUT2D eigenvalue weighted by atomic mass is 16.3. The second kappa shape index (κ2) is 3.09. The fourth-order valence-corrected chi connectivity index (χ4v) is 0.858. The smallest absolute Gasteiger partial charge is 0.316 e. The summed E-state index contributed by atoms with van der Waals surface area (Å²) in [5, 5.41) is 5.25. The quantitative estimate of drug-likeness (QED) is 0.563. The van der Waals surface area contributed by atoms with Gasteiger partial charge in [0.05, 0.1) is 0 Å². The van der Waals surface area contributed by atoms with Crippen LogP contribution in [0.25, 0.3) is 0 Å². The van der Waals surface area contributed by atoms with Crippen LogP contribution in [0, 0.1) is 4.91 Å². The highest BCUT2D eigenvalue weighted by Gasteiger charge is 2.10. The van der Waals surface area contributed by atoms with Crippen LogP contribution in [0.5, 0.6) is 0 Å². The number of rotatable bonds is 1. The third-order valence-electron chi connectivity index (χ3n) is 1.38. The summed E-state index contributed by atoms with van der Waals surface area (Å²) in [7, 11) is 0. The van der Waals surface area contributed by atoms with Crippen LogP contribution < -0.4 is 5.32 Å². The van der Waals surface area contributed by atoms with Gasteiger partial charge in [0.15, 0.2) is 0 Å². The molecular formula is C7H8N2O2. The molecule has 1 rings (SSSR count). The molecule has 0 aromatic rings. The molecule has 0 spiro atoms. The maximum atomic E-state index is 10.7. The number of nitrogens with one attached hydrogen (secondary N) is 1. The van der Waals surface area contributed by atoms with E-state index >= 15 is 0 Å². The van der Waals surface area contributed by atoms with Crippen LogP contribution in [0.1, 0.15) is 6.92 Å². The Bertz CT molecular complexity index is 243. The van der Waals surface area contributed by atoms with Crippen LogP contribution in [0.3, 0.4) is 0 Å². The van der Waals surface area contributed by atoms with E-state index in [2.05, 4.69) is 10.5 Å². The van der Waals surface area contributed by atoms with E-state index in [9.17, 15) is 9.70 Å². The summed E-state index contributed by atoms with van der Waals surface area (Å²) in [6, 6.07) is 0.0840. The van der Waals surface area contributed by atoms with Gasteiger partial charge in [-0.2, -0.15) is 0 Å². The van der Waals surface area contributed by atoms with E-state index in [0.717, 1.165) is 0 Å². The van der Waals surface area contributed by atoms with E-state index < -0.39 is 5.91 Å². The van der Waals surface area contributed by atoms with Gasteiger partial charge < -0.3 is 5.32 Å². The first-order valence-corrected chi connectivity index (χ1v) is 3.26. The second-order valence-electron chi connectivity index (χ2n) is 2.31. The minimum atomic E-state index is -0.713. The average Bonchev–Trinajstić information content (AvgIpc) is 2.03. The van der Waals surface area contributed by atoms with Gasteiger partial charge in [0, 0.05) is 16.8 Å².